The number of hydrazine groups is 1. The standard InChI is InChI=1S/C13H14N6/c1-8-2-3-9-6-10(4-5-11(9)17-8)12(18-14)13-15-7-16-19-13/h2-7,12,18H,14H2,1H3,(H,15,16,19). The number of pyridine rings is 1. The molecule has 19 heavy (non-hydrogen) atoms. The van der Waals surface area contributed by atoms with Crippen LogP contribution in [0.4, 0.5) is 0 Å². The number of rotatable bonds is 3. The van der Waals surface area contributed by atoms with E-state index in [1.807, 2.05) is 25.1 Å². The highest BCUT2D eigenvalue weighted by molar-refractivity contribution is 5.79. The molecular weight excluding hydrogens is 240 g/mol. The summed E-state index contributed by atoms with van der Waals surface area (Å²) in [6.45, 7) is 1.98. The molecule has 0 amide bonds. The first-order chi connectivity index (χ1) is 9.28. The van der Waals surface area contributed by atoms with Crippen LogP contribution in [0.1, 0.15) is 23.1 Å². The van der Waals surface area contributed by atoms with Gasteiger partial charge in [0.05, 0.1) is 5.52 Å². The number of nitrogens with zero attached hydrogens (tertiary/aromatic N) is 3. The molecule has 6 heteroatoms. The zero-order chi connectivity index (χ0) is 13.2. The van der Waals surface area contributed by atoms with Crippen LogP contribution in [0.15, 0.2) is 36.7 Å². The quantitative estimate of drug-likeness (QED) is 0.482. The maximum absolute atomic E-state index is 5.61. The van der Waals surface area contributed by atoms with E-state index >= 15 is 0 Å². The fraction of sp³-hybridized carbons (Fsp3) is 0.154. The Morgan fingerprint density at radius 3 is 2.89 bits per heavy atom. The van der Waals surface area contributed by atoms with Gasteiger partial charge >= 0.3 is 0 Å². The van der Waals surface area contributed by atoms with Crippen LogP contribution in [0.5, 0.6) is 0 Å². The molecule has 2 heterocycles. The third kappa shape index (κ3) is 2.18. The van der Waals surface area contributed by atoms with Gasteiger partial charge in [0.1, 0.15) is 18.2 Å². The van der Waals surface area contributed by atoms with Crippen molar-refractivity contribution in [1.82, 2.24) is 25.6 Å². The zero-order valence-electron chi connectivity index (χ0n) is 10.5. The summed E-state index contributed by atoms with van der Waals surface area (Å²) in [5.41, 5.74) is 5.73. The van der Waals surface area contributed by atoms with Crippen LogP contribution in [0.3, 0.4) is 0 Å². The highest BCUT2D eigenvalue weighted by Gasteiger charge is 2.15. The lowest BCUT2D eigenvalue weighted by molar-refractivity contribution is 0.604. The van der Waals surface area contributed by atoms with E-state index in [-0.39, 0.29) is 6.04 Å². The molecule has 0 fully saturated rings. The first-order valence-corrected chi connectivity index (χ1v) is 5.96. The third-order valence-corrected chi connectivity index (χ3v) is 3.06. The normalized spacial score (nSPS) is 12.7. The van der Waals surface area contributed by atoms with Crippen LogP contribution in [0.2, 0.25) is 0 Å². The number of aromatic nitrogens is 4. The van der Waals surface area contributed by atoms with Crippen LogP contribution in [0, 0.1) is 6.92 Å². The average Bonchev–Trinajstić information content (AvgIpc) is 2.93. The predicted molar refractivity (Wildman–Crippen MR) is 72.0 cm³/mol. The number of hydrogen-bond acceptors (Lipinski definition) is 5. The van der Waals surface area contributed by atoms with E-state index in [1.165, 1.54) is 6.33 Å². The van der Waals surface area contributed by atoms with E-state index in [9.17, 15) is 0 Å². The minimum absolute atomic E-state index is 0.215. The third-order valence-electron chi connectivity index (χ3n) is 3.06. The van der Waals surface area contributed by atoms with Crippen molar-refractivity contribution >= 4 is 10.9 Å². The molecule has 1 aromatic carbocycles. The number of nitrogens with two attached hydrogens (primary N) is 1. The molecule has 0 aliphatic carbocycles. The molecule has 4 N–H and O–H groups in total. The molecule has 6 nitrogen and oxygen atoms in total. The van der Waals surface area contributed by atoms with Gasteiger partial charge in [0, 0.05) is 11.1 Å². The number of hydrogen-bond donors (Lipinski definition) is 3. The number of fused-ring (bicyclic) bond motifs is 1. The average molecular weight is 254 g/mol. The second kappa shape index (κ2) is 4.75. The zero-order valence-corrected chi connectivity index (χ0v) is 10.5. The van der Waals surface area contributed by atoms with E-state index in [0.717, 1.165) is 22.2 Å². The first-order valence-electron chi connectivity index (χ1n) is 5.96. The molecule has 0 bridgehead atoms. The van der Waals surface area contributed by atoms with Crippen molar-refractivity contribution in [2.45, 2.75) is 13.0 Å². The highest BCUT2D eigenvalue weighted by atomic mass is 15.3. The summed E-state index contributed by atoms with van der Waals surface area (Å²) in [5, 5.41) is 7.74. The Bertz CT molecular complexity index is 691. The highest BCUT2D eigenvalue weighted by Crippen LogP contribution is 2.22. The van der Waals surface area contributed by atoms with Gasteiger partial charge in [0.15, 0.2) is 0 Å². The van der Waals surface area contributed by atoms with Crippen LogP contribution < -0.4 is 11.3 Å². The van der Waals surface area contributed by atoms with Gasteiger partial charge in [-0.25, -0.2) is 10.4 Å². The summed E-state index contributed by atoms with van der Waals surface area (Å²) in [6, 6.07) is 9.85. The van der Waals surface area contributed by atoms with Crippen molar-refractivity contribution in [3.8, 4) is 0 Å². The maximum Gasteiger partial charge on any atom is 0.147 e. The summed E-state index contributed by atoms with van der Waals surface area (Å²) in [7, 11) is 0. The van der Waals surface area contributed by atoms with E-state index in [4.69, 9.17) is 5.84 Å². The molecule has 1 unspecified atom stereocenters. The first kappa shape index (κ1) is 11.8. The van der Waals surface area contributed by atoms with Gasteiger partial charge in [0.25, 0.3) is 0 Å². The van der Waals surface area contributed by atoms with E-state index < -0.39 is 0 Å². The van der Waals surface area contributed by atoms with Gasteiger partial charge in [-0.15, -0.1) is 0 Å². The number of aromatic amines is 1. The number of nitrogens with one attached hydrogen (secondary N) is 2. The van der Waals surface area contributed by atoms with Crippen LogP contribution in [-0.2, 0) is 0 Å². The minimum Gasteiger partial charge on any atom is -0.270 e. The Kier molecular flexibility index (Phi) is 2.94. The van der Waals surface area contributed by atoms with Gasteiger partial charge in [-0.05, 0) is 30.7 Å². The molecule has 3 rings (SSSR count). The van der Waals surface area contributed by atoms with Crippen molar-refractivity contribution in [2.24, 2.45) is 5.84 Å². The van der Waals surface area contributed by atoms with Crippen LogP contribution in [0.25, 0.3) is 10.9 Å². The van der Waals surface area contributed by atoms with Crippen molar-refractivity contribution in [1.29, 1.82) is 0 Å². The lowest BCUT2D eigenvalue weighted by Crippen LogP contribution is -2.29. The summed E-state index contributed by atoms with van der Waals surface area (Å²) in [6.07, 6.45) is 1.46. The molecule has 1 atom stereocenters. The summed E-state index contributed by atoms with van der Waals surface area (Å²) < 4.78 is 0. The Balaban J connectivity index is 2.07. The lowest BCUT2D eigenvalue weighted by atomic mass is 10.0. The fourth-order valence-electron chi connectivity index (χ4n) is 2.11. The molecule has 0 radical (unpaired) electrons. The van der Waals surface area contributed by atoms with Gasteiger partial charge in [-0.1, -0.05) is 12.1 Å². The van der Waals surface area contributed by atoms with Crippen molar-refractivity contribution in [3.63, 3.8) is 0 Å². The summed E-state index contributed by atoms with van der Waals surface area (Å²) in [5.74, 6) is 6.29. The molecular formula is C13H14N6. The van der Waals surface area contributed by atoms with Crippen LogP contribution in [-0.4, -0.2) is 20.2 Å². The molecule has 0 saturated carbocycles. The van der Waals surface area contributed by atoms with Crippen molar-refractivity contribution in [3.05, 3.63) is 53.7 Å². The number of H-pyrrole nitrogens is 1. The molecule has 0 aliphatic rings. The molecule has 2 aromatic heterocycles. The van der Waals surface area contributed by atoms with E-state index in [1.54, 1.807) is 0 Å². The second-order valence-corrected chi connectivity index (χ2v) is 4.38. The van der Waals surface area contributed by atoms with Gasteiger partial charge in [-0.2, -0.15) is 5.10 Å². The fourth-order valence-corrected chi connectivity index (χ4v) is 2.11. The smallest absolute Gasteiger partial charge is 0.147 e. The van der Waals surface area contributed by atoms with E-state index in [0.29, 0.717) is 5.82 Å². The Morgan fingerprint density at radius 2 is 2.16 bits per heavy atom. The lowest BCUT2D eigenvalue weighted by Gasteiger charge is -2.14. The van der Waals surface area contributed by atoms with Gasteiger partial charge in [0.2, 0.25) is 0 Å². The molecule has 96 valence electrons. The largest absolute Gasteiger partial charge is 0.270 e. The number of benzene rings is 1. The second-order valence-electron chi connectivity index (χ2n) is 4.38. The monoisotopic (exact) mass is 254 g/mol. The van der Waals surface area contributed by atoms with Crippen molar-refractivity contribution < 1.29 is 0 Å². The maximum atomic E-state index is 5.61. The van der Waals surface area contributed by atoms with E-state index in [2.05, 4.69) is 37.7 Å². The SMILES string of the molecule is Cc1ccc2cc(C(NN)c3ncn[nH]3)ccc2n1. The minimum atomic E-state index is -0.215. The predicted octanol–water partition coefficient (Wildman–Crippen LogP) is 1.21. The van der Waals surface area contributed by atoms with Crippen LogP contribution >= 0.6 is 0 Å². The Morgan fingerprint density at radius 1 is 1.26 bits per heavy atom. The summed E-state index contributed by atoms with van der Waals surface area (Å²) in [4.78, 5) is 8.61. The molecule has 0 spiro atoms. The summed E-state index contributed by atoms with van der Waals surface area (Å²) >= 11 is 0. The van der Waals surface area contributed by atoms with Gasteiger partial charge in [-0.3, -0.25) is 15.9 Å². The number of aryl methyl sites for hydroxylation is 1. The van der Waals surface area contributed by atoms with Crippen molar-refractivity contribution in [2.75, 3.05) is 0 Å². The molecule has 0 saturated heterocycles. The molecule has 0 aliphatic heterocycles. The topological polar surface area (TPSA) is 92.5 Å². The van der Waals surface area contributed by atoms with Gasteiger partial charge < -0.3 is 0 Å². The molecule has 3 aromatic rings. The Labute approximate surface area is 110 Å². The Hall–Kier alpha value is -2.31.